The molecule has 0 aromatic carbocycles. The van der Waals surface area contributed by atoms with Crippen molar-refractivity contribution >= 4 is 11.2 Å². The van der Waals surface area contributed by atoms with Crippen LogP contribution in [0.15, 0.2) is 29.5 Å². The second-order valence-corrected chi connectivity index (χ2v) is 5.44. The Hall–Kier alpha value is -2.32. The number of nitrogens with two attached hydrogens (primary N) is 1. The first-order valence-corrected chi connectivity index (χ1v) is 6.75. The normalized spacial score (nSPS) is 31.3. The summed E-state index contributed by atoms with van der Waals surface area (Å²) >= 11 is 0. The second kappa shape index (κ2) is 5.15. The summed E-state index contributed by atoms with van der Waals surface area (Å²) in [7, 11) is 0. The first-order valence-electron chi connectivity index (χ1n) is 6.75. The van der Waals surface area contributed by atoms with Gasteiger partial charge in [0.15, 0.2) is 0 Å². The molecule has 1 fully saturated rings. The van der Waals surface area contributed by atoms with Gasteiger partial charge in [0.25, 0.3) is 0 Å². The van der Waals surface area contributed by atoms with E-state index >= 15 is 0 Å². The Morgan fingerprint density at radius 1 is 1.55 bits per heavy atom. The fourth-order valence-corrected chi connectivity index (χ4v) is 2.89. The third kappa shape index (κ3) is 1.92. The highest BCUT2D eigenvalue weighted by atomic mass is 16.5. The number of nitrogen functional groups attached to an aromatic ring is 1. The van der Waals surface area contributed by atoms with Gasteiger partial charge in [0.2, 0.25) is 0 Å². The van der Waals surface area contributed by atoms with Crippen LogP contribution in [0.25, 0.3) is 16.0 Å². The highest BCUT2D eigenvalue weighted by Crippen LogP contribution is 2.44. The molecule has 0 saturated carbocycles. The lowest BCUT2D eigenvalue weighted by Crippen LogP contribution is -2.41. The maximum absolute atomic E-state index is 10.3. The van der Waals surface area contributed by atoms with Crippen LogP contribution >= 0.6 is 0 Å². The molecule has 1 saturated heterocycles. The number of aromatic nitrogens is 2. The standard InChI is InChI=1S/C13H16N6O3/c1-13(17-18-15)11(21)10(6-20)22-12(13)9-3-2-8-7(14)4-5-16-19(8)9/h2-5,10-12,20-21H,6,14H2,1H3/t10-,11-,12+,13-/m1/s1. The maximum atomic E-state index is 10.3. The lowest BCUT2D eigenvalue weighted by molar-refractivity contribution is -0.0240. The summed E-state index contributed by atoms with van der Waals surface area (Å²) < 4.78 is 7.30. The van der Waals surface area contributed by atoms with E-state index in [1.165, 1.54) is 0 Å². The van der Waals surface area contributed by atoms with E-state index in [2.05, 4.69) is 15.1 Å². The van der Waals surface area contributed by atoms with E-state index in [1.54, 1.807) is 35.8 Å². The molecule has 0 unspecified atom stereocenters. The molecule has 0 spiro atoms. The van der Waals surface area contributed by atoms with Gasteiger partial charge in [-0.1, -0.05) is 5.11 Å². The van der Waals surface area contributed by atoms with Crippen molar-refractivity contribution in [2.24, 2.45) is 5.11 Å². The minimum absolute atomic E-state index is 0.382. The van der Waals surface area contributed by atoms with E-state index in [-0.39, 0.29) is 6.61 Å². The van der Waals surface area contributed by atoms with Gasteiger partial charge in [0.1, 0.15) is 17.7 Å². The molecule has 116 valence electrons. The predicted molar refractivity (Wildman–Crippen MR) is 77.9 cm³/mol. The van der Waals surface area contributed by atoms with Crippen LogP contribution < -0.4 is 5.73 Å². The first-order chi connectivity index (χ1) is 10.5. The van der Waals surface area contributed by atoms with Gasteiger partial charge in [0.05, 0.1) is 29.6 Å². The molecule has 2 aromatic rings. The molecule has 9 nitrogen and oxygen atoms in total. The minimum atomic E-state index is -1.26. The van der Waals surface area contributed by atoms with Crippen molar-refractivity contribution in [1.29, 1.82) is 0 Å². The van der Waals surface area contributed by atoms with Gasteiger partial charge in [-0.2, -0.15) is 5.10 Å². The van der Waals surface area contributed by atoms with Crippen LogP contribution in [0.4, 0.5) is 5.69 Å². The average Bonchev–Trinajstić information content (AvgIpc) is 3.02. The average molecular weight is 304 g/mol. The van der Waals surface area contributed by atoms with Crippen LogP contribution in [0.2, 0.25) is 0 Å². The molecule has 1 aliphatic heterocycles. The van der Waals surface area contributed by atoms with Crippen LogP contribution in [-0.2, 0) is 4.74 Å². The molecule has 0 aliphatic carbocycles. The van der Waals surface area contributed by atoms with Crippen molar-refractivity contribution in [2.45, 2.75) is 30.8 Å². The van der Waals surface area contributed by atoms with Gasteiger partial charge >= 0.3 is 0 Å². The van der Waals surface area contributed by atoms with Crippen molar-refractivity contribution in [3.8, 4) is 0 Å². The fourth-order valence-electron chi connectivity index (χ4n) is 2.89. The Balaban J connectivity index is 2.16. The molecule has 1 aliphatic rings. The van der Waals surface area contributed by atoms with Crippen LogP contribution in [0.5, 0.6) is 0 Å². The van der Waals surface area contributed by atoms with Gasteiger partial charge in [-0.15, -0.1) is 0 Å². The van der Waals surface area contributed by atoms with Crippen LogP contribution in [0.3, 0.4) is 0 Å². The van der Waals surface area contributed by atoms with Crippen molar-refractivity contribution in [3.63, 3.8) is 0 Å². The first kappa shape index (κ1) is 14.6. The SMILES string of the molecule is C[C@@]1(N=[N+]=[N-])[C@H](O)[C@@H](CO)O[C@H]1c1ccc2c(N)ccnn12. The molecule has 0 radical (unpaired) electrons. The number of rotatable bonds is 3. The van der Waals surface area contributed by atoms with Crippen molar-refractivity contribution < 1.29 is 14.9 Å². The summed E-state index contributed by atoms with van der Waals surface area (Å²) in [5.74, 6) is 0. The molecular formula is C13H16N6O3. The summed E-state index contributed by atoms with van der Waals surface area (Å²) in [6, 6.07) is 5.20. The number of hydrogen-bond acceptors (Lipinski definition) is 6. The molecule has 9 heteroatoms. The monoisotopic (exact) mass is 304 g/mol. The quantitative estimate of drug-likeness (QED) is 0.436. The van der Waals surface area contributed by atoms with Gasteiger partial charge in [-0.05, 0) is 30.7 Å². The molecule has 4 atom stereocenters. The lowest BCUT2D eigenvalue weighted by Gasteiger charge is -2.26. The third-order valence-electron chi connectivity index (χ3n) is 4.12. The fraction of sp³-hybridized carbons (Fsp3) is 0.462. The predicted octanol–water partition coefficient (Wildman–Crippen LogP) is 0.779. The molecular weight excluding hydrogens is 288 g/mol. The van der Waals surface area contributed by atoms with Gasteiger partial charge < -0.3 is 20.7 Å². The number of aliphatic hydroxyl groups is 2. The van der Waals surface area contributed by atoms with Gasteiger partial charge in [-0.25, -0.2) is 4.52 Å². The van der Waals surface area contributed by atoms with Gasteiger partial charge in [0, 0.05) is 11.1 Å². The van der Waals surface area contributed by atoms with Crippen LogP contribution in [0, 0.1) is 0 Å². The van der Waals surface area contributed by atoms with E-state index in [4.69, 9.17) is 16.0 Å². The third-order valence-corrected chi connectivity index (χ3v) is 4.12. The molecule has 22 heavy (non-hydrogen) atoms. The van der Waals surface area contributed by atoms with Gasteiger partial charge in [-0.3, -0.25) is 0 Å². The summed E-state index contributed by atoms with van der Waals surface area (Å²) in [5.41, 5.74) is 15.3. The molecule has 2 aromatic heterocycles. The van der Waals surface area contributed by atoms with E-state index in [9.17, 15) is 10.2 Å². The number of fused-ring (bicyclic) bond motifs is 1. The molecule has 0 amide bonds. The number of hydrogen-bond donors (Lipinski definition) is 3. The molecule has 4 N–H and O–H groups in total. The summed E-state index contributed by atoms with van der Waals surface area (Å²) in [4.78, 5) is 2.82. The lowest BCUT2D eigenvalue weighted by atomic mass is 9.88. The van der Waals surface area contributed by atoms with E-state index < -0.39 is 23.9 Å². The van der Waals surface area contributed by atoms with Crippen molar-refractivity contribution in [1.82, 2.24) is 9.61 Å². The zero-order valence-corrected chi connectivity index (χ0v) is 11.9. The number of nitrogens with zero attached hydrogens (tertiary/aromatic N) is 5. The number of aliphatic hydroxyl groups excluding tert-OH is 2. The van der Waals surface area contributed by atoms with E-state index in [0.29, 0.717) is 16.9 Å². The summed E-state index contributed by atoms with van der Waals surface area (Å²) in [5, 5.41) is 27.6. The Labute approximate surface area is 125 Å². The topological polar surface area (TPSA) is 142 Å². The Morgan fingerprint density at radius 3 is 3.00 bits per heavy atom. The van der Waals surface area contributed by atoms with Crippen molar-refractivity contribution in [2.75, 3.05) is 12.3 Å². The zero-order valence-electron chi connectivity index (χ0n) is 11.9. The minimum Gasteiger partial charge on any atom is -0.397 e. The second-order valence-electron chi connectivity index (χ2n) is 5.44. The Bertz CT molecular complexity index is 755. The van der Waals surface area contributed by atoms with E-state index in [1.807, 2.05) is 0 Å². The summed E-state index contributed by atoms with van der Waals surface area (Å²) in [6.07, 6.45) is -1.18. The summed E-state index contributed by atoms with van der Waals surface area (Å²) in [6.45, 7) is 1.20. The molecule has 3 rings (SSSR count). The van der Waals surface area contributed by atoms with Crippen LogP contribution in [0.1, 0.15) is 18.7 Å². The largest absolute Gasteiger partial charge is 0.397 e. The number of azide groups is 1. The smallest absolute Gasteiger partial charge is 0.114 e. The Kier molecular flexibility index (Phi) is 3.42. The maximum Gasteiger partial charge on any atom is 0.114 e. The molecule has 0 bridgehead atoms. The zero-order chi connectivity index (χ0) is 15.9. The highest BCUT2D eigenvalue weighted by molar-refractivity contribution is 5.69. The Morgan fingerprint density at radius 2 is 2.32 bits per heavy atom. The number of anilines is 1. The molecule has 3 heterocycles. The highest BCUT2D eigenvalue weighted by Gasteiger charge is 2.54. The van der Waals surface area contributed by atoms with Crippen LogP contribution in [-0.4, -0.2) is 44.2 Å². The van der Waals surface area contributed by atoms with Crippen molar-refractivity contribution in [3.05, 3.63) is 40.5 Å². The van der Waals surface area contributed by atoms with E-state index in [0.717, 1.165) is 0 Å². The number of ether oxygens (including phenoxy) is 1.